The van der Waals surface area contributed by atoms with Crippen molar-refractivity contribution < 1.29 is 9.47 Å². The first-order valence-corrected chi connectivity index (χ1v) is 5.23. The summed E-state index contributed by atoms with van der Waals surface area (Å²) < 4.78 is 11.1. The second kappa shape index (κ2) is 5.58. The van der Waals surface area contributed by atoms with Gasteiger partial charge in [-0.25, -0.2) is 0 Å². The molecule has 0 aromatic heterocycles. The average molecular weight is 187 g/mol. The second-order valence-electron chi connectivity index (χ2n) is 3.43. The normalized spacial score (nSPS) is 19.4. The van der Waals surface area contributed by atoms with Crippen molar-refractivity contribution in [2.24, 2.45) is 5.92 Å². The first-order chi connectivity index (χ1) is 6.33. The molecule has 1 unspecified atom stereocenters. The third-order valence-electron chi connectivity index (χ3n) is 2.42. The van der Waals surface area contributed by atoms with Gasteiger partial charge in [0.15, 0.2) is 6.29 Å². The van der Waals surface area contributed by atoms with Crippen LogP contribution in [-0.4, -0.2) is 32.6 Å². The molecule has 0 spiro atoms. The Bertz CT molecular complexity index is 131. The molecule has 78 valence electrons. The fourth-order valence-corrected chi connectivity index (χ4v) is 1.63. The van der Waals surface area contributed by atoms with Crippen LogP contribution in [0.3, 0.4) is 0 Å². The SMILES string of the molecule is CCOC(OCC)C(NC)C1CC1. The zero-order valence-corrected chi connectivity index (χ0v) is 8.88. The van der Waals surface area contributed by atoms with Gasteiger partial charge < -0.3 is 14.8 Å². The Hall–Kier alpha value is -0.120. The zero-order valence-electron chi connectivity index (χ0n) is 8.88. The Balaban J connectivity index is 2.38. The van der Waals surface area contributed by atoms with Crippen LogP contribution in [0.1, 0.15) is 26.7 Å². The fraction of sp³-hybridized carbons (Fsp3) is 1.00. The summed E-state index contributed by atoms with van der Waals surface area (Å²) in [6.07, 6.45) is 2.55. The van der Waals surface area contributed by atoms with Gasteiger partial charge in [0.05, 0.1) is 6.04 Å². The molecule has 3 heteroatoms. The van der Waals surface area contributed by atoms with Gasteiger partial charge in [0.25, 0.3) is 0 Å². The van der Waals surface area contributed by atoms with Gasteiger partial charge in [-0.2, -0.15) is 0 Å². The lowest BCUT2D eigenvalue weighted by Gasteiger charge is -2.26. The number of hydrogen-bond acceptors (Lipinski definition) is 3. The van der Waals surface area contributed by atoms with Gasteiger partial charge in [-0.1, -0.05) is 0 Å². The van der Waals surface area contributed by atoms with Crippen LogP contribution in [0.2, 0.25) is 0 Å². The van der Waals surface area contributed by atoms with Crippen molar-refractivity contribution in [2.75, 3.05) is 20.3 Å². The summed E-state index contributed by atoms with van der Waals surface area (Å²) in [6.45, 7) is 5.45. The largest absolute Gasteiger partial charge is 0.351 e. The molecule has 0 saturated heterocycles. The standard InChI is InChI=1S/C10H21NO2/c1-4-12-10(13-5-2)9(11-3)8-6-7-8/h8-11H,4-7H2,1-3H3. The van der Waals surface area contributed by atoms with Gasteiger partial charge >= 0.3 is 0 Å². The van der Waals surface area contributed by atoms with E-state index in [1.807, 2.05) is 20.9 Å². The molecule has 0 radical (unpaired) electrons. The van der Waals surface area contributed by atoms with Crippen molar-refractivity contribution in [3.05, 3.63) is 0 Å². The van der Waals surface area contributed by atoms with Crippen molar-refractivity contribution in [1.29, 1.82) is 0 Å². The van der Waals surface area contributed by atoms with E-state index in [4.69, 9.17) is 9.47 Å². The summed E-state index contributed by atoms with van der Waals surface area (Å²) in [5, 5.41) is 3.28. The van der Waals surface area contributed by atoms with Crippen molar-refractivity contribution in [3.8, 4) is 0 Å². The third-order valence-corrected chi connectivity index (χ3v) is 2.42. The van der Waals surface area contributed by atoms with Crippen LogP contribution in [0.25, 0.3) is 0 Å². The van der Waals surface area contributed by atoms with Crippen LogP contribution in [0, 0.1) is 5.92 Å². The molecule has 1 rings (SSSR count). The van der Waals surface area contributed by atoms with E-state index in [0.717, 1.165) is 19.1 Å². The highest BCUT2D eigenvalue weighted by Gasteiger charge is 2.36. The van der Waals surface area contributed by atoms with Crippen LogP contribution >= 0.6 is 0 Å². The summed E-state index contributed by atoms with van der Waals surface area (Å²) in [7, 11) is 1.98. The molecule has 1 N–H and O–H groups in total. The summed E-state index contributed by atoms with van der Waals surface area (Å²) in [4.78, 5) is 0. The van der Waals surface area contributed by atoms with Crippen LogP contribution in [0.5, 0.6) is 0 Å². The van der Waals surface area contributed by atoms with Gasteiger partial charge in [0.2, 0.25) is 0 Å². The van der Waals surface area contributed by atoms with Crippen molar-refractivity contribution >= 4 is 0 Å². The van der Waals surface area contributed by atoms with Crippen LogP contribution in [-0.2, 0) is 9.47 Å². The van der Waals surface area contributed by atoms with E-state index in [0.29, 0.717) is 6.04 Å². The molecule has 3 nitrogen and oxygen atoms in total. The first-order valence-electron chi connectivity index (χ1n) is 5.23. The number of ether oxygens (including phenoxy) is 2. The predicted octanol–water partition coefficient (Wildman–Crippen LogP) is 1.38. The zero-order chi connectivity index (χ0) is 9.68. The van der Waals surface area contributed by atoms with Gasteiger partial charge in [-0.05, 0) is 39.7 Å². The molecular formula is C10H21NO2. The third kappa shape index (κ3) is 3.25. The van der Waals surface area contributed by atoms with E-state index in [-0.39, 0.29) is 6.29 Å². The Morgan fingerprint density at radius 1 is 1.23 bits per heavy atom. The Morgan fingerprint density at radius 3 is 2.08 bits per heavy atom. The molecule has 1 aliphatic rings. The summed E-state index contributed by atoms with van der Waals surface area (Å²) in [5.41, 5.74) is 0. The van der Waals surface area contributed by atoms with Gasteiger partial charge in [-0.15, -0.1) is 0 Å². The highest BCUT2D eigenvalue weighted by atomic mass is 16.7. The van der Waals surface area contributed by atoms with Crippen LogP contribution in [0.4, 0.5) is 0 Å². The lowest BCUT2D eigenvalue weighted by atomic mass is 10.2. The van der Waals surface area contributed by atoms with E-state index in [9.17, 15) is 0 Å². The van der Waals surface area contributed by atoms with E-state index < -0.39 is 0 Å². The lowest BCUT2D eigenvalue weighted by Crippen LogP contribution is -2.42. The van der Waals surface area contributed by atoms with Gasteiger partial charge in [0, 0.05) is 13.2 Å². The summed E-state index contributed by atoms with van der Waals surface area (Å²) in [5.74, 6) is 0.757. The second-order valence-corrected chi connectivity index (χ2v) is 3.43. The summed E-state index contributed by atoms with van der Waals surface area (Å²) >= 11 is 0. The van der Waals surface area contributed by atoms with E-state index in [1.54, 1.807) is 0 Å². The quantitative estimate of drug-likeness (QED) is 0.611. The van der Waals surface area contributed by atoms with Crippen LogP contribution < -0.4 is 5.32 Å². The number of hydrogen-bond donors (Lipinski definition) is 1. The maximum Gasteiger partial charge on any atom is 0.172 e. The molecule has 1 saturated carbocycles. The minimum absolute atomic E-state index is 0.0625. The fourth-order valence-electron chi connectivity index (χ4n) is 1.63. The van der Waals surface area contributed by atoms with Gasteiger partial charge in [0.1, 0.15) is 0 Å². The van der Waals surface area contributed by atoms with Crippen LogP contribution in [0.15, 0.2) is 0 Å². The molecule has 0 aromatic carbocycles. The molecular weight excluding hydrogens is 166 g/mol. The van der Waals surface area contributed by atoms with E-state index >= 15 is 0 Å². The number of nitrogens with one attached hydrogen (secondary N) is 1. The molecule has 1 aliphatic carbocycles. The minimum Gasteiger partial charge on any atom is -0.351 e. The maximum atomic E-state index is 5.55. The van der Waals surface area contributed by atoms with E-state index in [2.05, 4.69) is 5.32 Å². The average Bonchev–Trinajstić information content (AvgIpc) is 2.90. The molecule has 13 heavy (non-hydrogen) atoms. The van der Waals surface area contributed by atoms with E-state index in [1.165, 1.54) is 12.8 Å². The molecule has 0 bridgehead atoms. The molecule has 0 aliphatic heterocycles. The Labute approximate surface area is 80.8 Å². The number of rotatable bonds is 7. The predicted molar refractivity (Wildman–Crippen MR) is 52.6 cm³/mol. The minimum atomic E-state index is -0.0625. The molecule has 1 fully saturated rings. The van der Waals surface area contributed by atoms with Crippen molar-refractivity contribution in [3.63, 3.8) is 0 Å². The highest BCUT2D eigenvalue weighted by Crippen LogP contribution is 2.34. The smallest absolute Gasteiger partial charge is 0.172 e. The molecule has 0 aromatic rings. The monoisotopic (exact) mass is 187 g/mol. The van der Waals surface area contributed by atoms with Crippen molar-refractivity contribution in [2.45, 2.75) is 39.0 Å². The first kappa shape index (κ1) is 11.0. The highest BCUT2D eigenvalue weighted by molar-refractivity contribution is 4.87. The van der Waals surface area contributed by atoms with Crippen molar-refractivity contribution in [1.82, 2.24) is 5.32 Å². The lowest BCUT2D eigenvalue weighted by molar-refractivity contribution is -0.156. The Morgan fingerprint density at radius 2 is 1.77 bits per heavy atom. The maximum absolute atomic E-state index is 5.55. The molecule has 0 amide bonds. The molecule has 0 heterocycles. The summed E-state index contributed by atoms with van der Waals surface area (Å²) in [6, 6.07) is 0.375. The molecule has 1 atom stereocenters. The topological polar surface area (TPSA) is 30.5 Å². The number of likely N-dealkylation sites (N-methyl/N-ethyl adjacent to an activating group) is 1. The van der Waals surface area contributed by atoms with Gasteiger partial charge in [-0.3, -0.25) is 0 Å². The Kier molecular flexibility index (Phi) is 4.70.